The van der Waals surface area contributed by atoms with Crippen molar-refractivity contribution in [2.75, 3.05) is 0 Å². The molecule has 1 aromatic carbocycles. The Morgan fingerprint density at radius 3 is 2.69 bits per heavy atom. The molecule has 0 aliphatic carbocycles. The lowest BCUT2D eigenvalue weighted by Gasteiger charge is -2.17. The quantitative estimate of drug-likeness (QED) is 0.818. The van der Waals surface area contributed by atoms with E-state index in [0.717, 1.165) is 0 Å². The van der Waals surface area contributed by atoms with Crippen LogP contribution in [0.4, 0.5) is 4.39 Å². The first-order chi connectivity index (χ1) is 7.56. The van der Waals surface area contributed by atoms with Crippen molar-refractivity contribution in [1.82, 2.24) is 5.32 Å². The second kappa shape index (κ2) is 5.61. The lowest BCUT2D eigenvalue weighted by Crippen LogP contribution is -2.41. The minimum absolute atomic E-state index is 0.252. The highest BCUT2D eigenvalue weighted by atomic mass is 19.1. The van der Waals surface area contributed by atoms with E-state index < -0.39 is 6.04 Å². The van der Waals surface area contributed by atoms with Crippen LogP contribution in [-0.2, 0) is 4.79 Å². The van der Waals surface area contributed by atoms with E-state index in [9.17, 15) is 9.18 Å². The standard InChI is InChI=1S/C12H17FN2O/c1-3-11(14)12(16)15-8(2)9-6-4-5-7-10(9)13/h4-8,11H,3,14H2,1-2H3,(H,15,16)/t8?,11-/m1/s1. The van der Waals surface area contributed by atoms with Gasteiger partial charge < -0.3 is 11.1 Å². The number of nitrogens with two attached hydrogens (primary N) is 1. The van der Waals surface area contributed by atoms with E-state index in [1.807, 2.05) is 6.92 Å². The minimum atomic E-state index is -0.533. The van der Waals surface area contributed by atoms with Crippen molar-refractivity contribution in [2.24, 2.45) is 5.73 Å². The van der Waals surface area contributed by atoms with Gasteiger partial charge in [-0.05, 0) is 19.4 Å². The molecule has 1 unspecified atom stereocenters. The van der Waals surface area contributed by atoms with Gasteiger partial charge in [0.15, 0.2) is 0 Å². The Kier molecular flexibility index (Phi) is 4.43. The Hall–Kier alpha value is -1.42. The van der Waals surface area contributed by atoms with Gasteiger partial charge in [-0.15, -0.1) is 0 Å². The maximum atomic E-state index is 13.4. The van der Waals surface area contributed by atoms with Crippen LogP contribution in [0.15, 0.2) is 24.3 Å². The number of hydrogen-bond acceptors (Lipinski definition) is 2. The molecule has 4 heteroatoms. The average Bonchev–Trinajstić information content (AvgIpc) is 2.28. The van der Waals surface area contributed by atoms with Gasteiger partial charge in [0.1, 0.15) is 5.82 Å². The second-order valence-corrected chi connectivity index (χ2v) is 3.77. The molecule has 1 aromatic rings. The van der Waals surface area contributed by atoms with Gasteiger partial charge in [-0.1, -0.05) is 25.1 Å². The van der Waals surface area contributed by atoms with Crippen LogP contribution in [0.2, 0.25) is 0 Å². The van der Waals surface area contributed by atoms with Gasteiger partial charge in [-0.2, -0.15) is 0 Å². The van der Waals surface area contributed by atoms with Crippen molar-refractivity contribution in [3.8, 4) is 0 Å². The Morgan fingerprint density at radius 2 is 2.12 bits per heavy atom. The summed E-state index contributed by atoms with van der Waals surface area (Å²) in [7, 11) is 0. The summed E-state index contributed by atoms with van der Waals surface area (Å²) in [4.78, 5) is 11.5. The maximum Gasteiger partial charge on any atom is 0.237 e. The highest BCUT2D eigenvalue weighted by molar-refractivity contribution is 5.81. The Bertz CT molecular complexity index is 368. The van der Waals surface area contributed by atoms with Crippen molar-refractivity contribution in [1.29, 1.82) is 0 Å². The third kappa shape index (κ3) is 3.03. The highest BCUT2D eigenvalue weighted by Crippen LogP contribution is 2.15. The van der Waals surface area contributed by atoms with Crippen LogP contribution in [0.5, 0.6) is 0 Å². The lowest BCUT2D eigenvalue weighted by atomic mass is 10.1. The van der Waals surface area contributed by atoms with E-state index >= 15 is 0 Å². The lowest BCUT2D eigenvalue weighted by molar-refractivity contribution is -0.123. The van der Waals surface area contributed by atoms with Crippen LogP contribution in [-0.4, -0.2) is 11.9 Å². The molecule has 0 aliphatic heterocycles. The number of amides is 1. The van der Waals surface area contributed by atoms with Gasteiger partial charge in [0, 0.05) is 5.56 Å². The molecule has 0 heterocycles. The van der Waals surface area contributed by atoms with Gasteiger partial charge >= 0.3 is 0 Å². The van der Waals surface area contributed by atoms with Crippen LogP contribution < -0.4 is 11.1 Å². The number of carbonyl (C=O) groups excluding carboxylic acids is 1. The number of benzene rings is 1. The number of halogens is 1. The maximum absolute atomic E-state index is 13.4. The highest BCUT2D eigenvalue weighted by Gasteiger charge is 2.16. The SMILES string of the molecule is CC[C@@H](N)C(=O)NC(C)c1ccccc1F. The fourth-order valence-electron chi connectivity index (χ4n) is 1.41. The zero-order valence-corrected chi connectivity index (χ0v) is 9.53. The first kappa shape index (κ1) is 12.6. The van der Waals surface area contributed by atoms with Crippen LogP contribution in [0.25, 0.3) is 0 Å². The largest absolute Gasteiger partial charge is 0.348 e. The topological polar surface area (TPSA) is 55.1 Å². The number of carbonyl (C=O) groups is 1. The molecule has 1 rings (SSSR count). The van der Waals surface area contributed by atoms with Gasteiger partial charge in [-0.3, -0.25) is 4.79 Å². The van der Waals surface area contributed by atoms with Crippen molar-refractivity contribution in [3.63, 3.8) is 0 Å². The van der Waals surface area contributed by atoms with E-state index in [2.05, 4.69) is 5.32 Å². The monoisotopic (exact) mass is 224 g/mol. The number of nitrogens with one attached hydrogen (secondary N) is 1. The summed E-state index contributed by atoms with van der Waals surface area (Å²) in [5.41, 5.74) is 6.05. The van der Waals surface area contributed by atoms with Crippen molar-refractivity contribution >= 4 is 5.91 Å². The van der Waals surface area contributed by atoms with Gasteiger partial charge in [0.25, 0.3) is 0 Å². The molecule has 2 atom stereocenters. The van der Waals surface area contributed by atoms with Crippen molar-refractivity contribution in [3.05, 3.63) is 35.6 Å². The number of hydrogen-bond donors (Lipinski definition) is 2. The molecule has 0 spiro atoms. The molecule has 3 nitrogen and oxygen atoms in total. The van der Waals surface area contributed by atoms with Crippen LogP contribution in [0.3, 0.4) is 0 Å². The Morgan fingerprint density at radius 1 is 1.50 bits per heavy atom. The molecule has 0 saturated heterocycles. The molecule has 0 radical (unpaired) electrons. The predicted octanol–water partition coefficient (Wildman–Crippen LogP) is 1.74. The normalized spacial score (nSPS) is 14.2. The Balaban J connectivity index is 2.69. The molecule has 0 bridgehead atoms. The predicted molar refractivity (Wildman–Crippen MR) is 61.2 cm³/mol. The smallest absolute Gasteiger partial charge is 0.237 e. The average molecular weight is 224 g/mol. The number of rotatable bonds is 4. The summed E-state index contributed by atoms with van der Waals surface area (Å²) < 4.78 is 13.4. The van der Waals surface area contributed by atoms with Crippen molar-refractivity contribution in [2.45, 2.75) is 32.4 Å². The summed E-state index contributed by atoms with van der Waals surface area (Å²) in [6.07, 6.45) is 0.565. The zero-order chi connectivity index (χ0) is 12.1. The molecule has 0 saturated carbocycles. The first-order valence-corrected chi connectivity index (χ1v) is 5.36. The Labute approximate surface area is 94.8 Å². The molecule has 3 N–H and O–H groups in total. The fourth-order valence-corrected chi connectivity index (χ4v) is 1.41. The van der Waals surface area contributed by atoms with E-state index in [1.54, 1.807) is 25.1 Å². The summed E-state index contributed by atoms with van der Waals surface area (Å²) in [5.74, 6) is -0.571. The molecule has 1 amide bonds. The molecular weight excluding hydrogens is 207 g/mol. The summed E-state index contributed by atoms with van der Waals surface area (Å²) in [6, 6.07) is 5.47. The zero-order valence-electron chi connectivity index (χ0n) is 9.53. The van der Waals surface area contributed by atoms with Crippen molar-refractivity contribution < 1.29 is 9.18 Å². The first-order valence-electron chi connectivity index (χ1n) is 5.36. The fraction of sp³-hybridized carbons (Fsp3) is 0.417. The van der Waals surface area contributed by atoms with Gasteiger partial charge in [0.2, 0.25) is 5.91 Å². The van der Waals surface area contributed by atoms with E-state index in [0.29, 0.717) is 12.0 Å². The van der Waals surface area contributed by atoms with Gasteiger partial charge in [-0.25, -0.2) is 4.39 Å². The third-order valence-electron chi connectivity index (χ3n) is 2.51. The van der Waals surface area contributed by atoms with Crippen LogP contribution >= 0.6 is 0 Å². The van der Waals surface area contributed by atoms with Crippen LogP contribution in [0, 0.1) is 5.82 Å². The molecule has 0 aliphatic rings. The van der Waals surface area contributed by atoms with E-state index in [-0.39, 0.29) is 17.8 Å². The third-order valence-corrected chi connectivity index (χ3v) is 2.51. The minimum Gasteiger partial charge on any atom is -0.348 e. The summed E-state index contributed by atoms with van der Waals surface area (Å²) in [6.45, 7) is 3.57. The van der Waals surface area contributed by atoms with Gasteiger partial charge in [0.05, 0.1) is 12.1 Å². The molecular formula is C12H17FN2O. The summed E-state index contributed by atoms with van der Waals surface area (Å²) >= 11 is 0. The molecule has 0 fully saturated rings. The van der Waals surface area contributed by atoms with Crippen LogP contribution in [0.1, 0.15) is 31.9 Å². The van der Waals surface area contributed by atoms with E-state index in [1.165, 1.54) is 6.07 Å². The molecule has 88 valence electrons. The molecule has 0 aromatic heterocycles. The van der Waals surface area contributed by atoms with E-state index in [4.69, 9.17) is 5.73 Å². The summed E-state index contributed by atoms with van der Waals surface area (Å²) in [5, 5.41) is 2.68. The second-order valence-electron chi connectivity index (χ2n) is 3.77. The molecule has 16 heavy (non-hydrogen) atoms.